The first-order valence-corrected chi connectivity index (χ1v) is 9.94. The maximum Gasteiger partial charge on any atom is 0.321 e. The first kappa shape index (κ1) is 21.0. The van der Waals surface area contributed by atoms with Gasteiger partial charge in [-0.2, -0.15) is 0 Å². The highest BCUT2D eigenvalue weighted by molar-refractivity contribution is 7.99. The number of benzene rings is 1. The summed E-state index contributed by atoms with van der Waals surface area (Å²) in [6, 6.07) is 6.63. The average Bonchev–Trinajstić information content (AvgIpc) is 2.57. The van der Waals surface area contributed by atoms with Crippen LogP contribution in [0.25, 0.3) is 10.9 Å². The summed E-state index contributed by atoms with van der Waals surface area (Å²) >= 11 is 1.15. The Morgan fingerprint density at radius 1 is 1.22 bits per heavy atom. The molecule has 2 rings (SSSR count). The number of thioether (sulfide) groups is 1. The fourth-order valence-electron chi connectivity index (χ4n) is 2.44. The Morgan fingerprint density at radius 3 is 2.59 bits per heavy atom. The fourth-order valence-corrected chi connectivity index (χ4v) is 3.26. The van der Waals surface area contributed by atoms with Crippen molar-refractivity contribution >= 4 is 34.6 Å². The average molecular weight is 391 g/mol. The normalized spacial score (nSPS) is 11.4. The van der Waals surface area contributed by atoms with Gasteiger partial charge < -0.3 is 5.32 Å². The second kappa shape index (κ2) is 9.03. The highest BCUT2D eigenvalue weighted by Gasteiger charge is 2.17. The van der Waals surface area contributed by atoms with Crippen molar-refractivity contribution in [2.75, 3.05) is 5.75 Å². The van der Waals surface area contributed by atoms with E-state index in [1.54, 1.807) is 16.7 Å². The Hall–Kier alpha value is -2.35. The molecule has 2 aromatic rings. The summed E-state index contributed by atoms with van der Waals surface area (Å²) in [5.74, 6) is -0.444. The quantitative estimate of drug-likeness (QED) is 0.584. The summed E-state index contributed by atoms with van der Waals surface area (Å²) in [6.45, 7) is 8.08. The van der Waals surface area contributed by atoms with Gasteiger partial charge in [0.15, 0.2) is 5.16 Å². The van der Waals surface area contributed by atoms with Gasteiger partial charge in [-0.1, -0.05) is 37.2 Å². The maximum atomic E-state index is 12.8. The first-order chi connectivity index (χ1) is 12.7. The third-order valence-corrected chi connectivity index (χ3v) is 4.61. The van der Waals surface area contributed by atoms with Gasteiger partial charge in [0.25, 0.3) is 5.56 Å². The number of fused-ring (bicyclic) bond motifs is 1. The lowest BCUT2D eigenvalue weighted by Crippen LogP contribution is -2.48. The number of amides is 3. The number of para-hydroxylation sites is 1. The lowest BCUT2D eigenvalue weighted by atomic mass is 10.1. The Bertz CT molecular complexity index is 887. The zero-order valence-corrected chi connectivity index (χ0v) is 17.0. The molecule has 0 bridgehead atoms. The summed E-state index contributed by atoms with van der Waals surface area (Å²) in [5.41, 5.74) is 0.0592. The van der Waals surface area contributed by atoms with Crippen molar-refractivity contribution in [2.45, 2.75) is 57.8 Å². The number of carbonyl (C=O) groups is 2. The zero-order valence-electron chi connectivity index (χ0n) is 16.2. The molecule has 0 fully saturated rings. The molecule has 0 aliphatic heterocycles. The van der Waals surface area contributed by atoms with Crippen LogP contribution < -0.4 is 16.2 Å². The van der Waals surface area contributed by atoms with Crippen LogP contribution in [-0.2, 0) is 11.3 Å². The Labute approximate surface area is 162 Å². The van der Waals surface area contributed by atoms with Gasteiger partial charge in [-0.25, -0.2) is 9.78 Å². The molecule has 146 valence electrons. The summed E-state index contributed by atoms with van der Waals surface area (Å²) < 4.78 is 1.61. The van der Waals surface area contributed by atoms with Gasteiger partial charge >= 0.3 is 6.03 Å². The van der Waals surface area contributed by atoms with Gasteiger partial charge in [-0.15, -0.1) is 0 Å². The summed E-state index contributed by atoms with van der Waals surface area (Å²) in [7, 11) is 0. The van der Waals surface area contributed by atoms with Crippen LogP contribution in [0.5, 0.6) is 0 Å². The Kier molecular flexibility index (Phi) is 7.01. The molecule has 0 saturated carbocycles. The molecule has 0 unspecified atom stereocenters. The molecule has 0 aliphatic carbocycles. The summed E-state index contributed by atoms with van der Waals surface area (Å²) in [4.78, 5) is 41.2. The fraction of sp³-hybridized carbons (Fsp3) is 0.474. The molecule has 0 radical (unpaired) electrons. The van der Waals surface area contributed by atoms with Crippen LogP contribution in [0, 0.1) is 0 Å². The molecule has 0 spiro atoms. The number of hydrogen-bond donors (Lipinski definition) is 2. The lowest BCUT2D eigenvalue weighted by molar-refractivity contribution is -0.117. The van der Waals surface area contributed by atoms with E-state index in [4.69, 9.17) is 0 Å². The highest BCUT2D eigenvalue weighted by Crippen LogP contribution is 2.18. The van der Waals surface area contributed by atoms with Crippen molar-refractivity contribution in [3.63, 3.8) is 0 Å². The van der Waals surface area contributed by atoms with Crippen LogP contribution in [0.3, 0.4) is 0 Å². The van der Waals surface area contributed by atoms with Gasteiger partial charge in [-0.3, -0.25) is 19.5 Å². The predicted octanol–water partition coefficient (Wildman–Crippen LogP) is 2.91. The van der Waals surface area contributed by atoms with Crippen LogP contribution in [0.2, 0.25) is 0 Å². The van der Waals surface area contributed by atoms with E-state index in [2.05, 4.69) is 15.6 Å². The van der Waals surface area contributed by atoms with Crippen LogP contribution in [0.15, 0.2) is 34.2 Å². The number of hydrogen-bond acceptors (Lipinski definition) is 5. The van der Waals surface area contributed by atoms with Crippen LogP contribution in [-0.4, -0.2) is 32.8 Å². The molecule has 0 aliphatic rings. The minimum Gasteiger partial charge on any atom is -0.333 e. The second-order valence-electron chi connectivity index (χ2n) is 7.26. The molecule has 0 atom stereocenters. The largest absolute Gasteiger partial charge is 0.333 e. The van der Waals surface area contributed by atoms with Gasteiger partial charge in [0, 0.05) is 12.1 Å². The monoisotopic (exact) mass is 390 g/mol. The molecular formula is C19H26N4O3S. The van der Waals surface area contributed by atoms with Crippen LogP contribution in [0.4, 0.5) is 4.79 Å². The van der Waals surface area contributed by atoms with Crippen LogP contribution >= 0.6 is 11.8 Å². The summed E-state index contributed by atoms with van der Waals surface area (Å²) in [5, 5.41) is 6.01. The van der Waals surface area contributed by atoms with E-state index in [0.717, 1.165) is 24.6 Å². The highest BCUT2D eigenvalue weighted by atomic mass is 32.2. The smallest absolute Gasteiger partial charge is 0.321 e. The van der Waals surface area contributed by atoms with Crippen LogP contribution in [0.1, 0.15) is 40.5 Å². The minimum atomic E-state index is -0.539. The number of unbranched alkanes of at least 4 members (excludes halogenated alkanes) is 1. The van der Waals surface area contributed by atoms with Crippen molar-refractivity contribution in [1.29, 1.82) is 0 Å². The number of aromatic nitrogens is 2. The van der Waals surface area contributed by atoms with E-state index in [-0.39, 0.29) is 11.3 Å². The number of urea groups is 1. The predicted molar refractivity (Wildman–Crippen MR) is 108 cm³/mol. The molecule has 1 aromatic carbocycles. The molecule has 3 amide bonds. The van der Waals surface area contributed by atoms with Crippen molar-refractivity contribution in [1.82, 2.24) is 20.2 Å². The Balaban J connectivity index is 2.16. The van der Waals surface area contributed by atoms with Gasteiger partial charge in [0.1, 0.15) is 0 Å². The van der Waals surface area contributed by atoms with E-state index in [0.29, 0.717) is 22.6 Å². The van der Waals surface area contributed by atoms with E-state index in [1.165, 1.54) is 0 Å². The molecule has 0 saturated heterocycles. The van der Waals surface area contributed by atoms with Crippen molar-refractivity contribution in [3.05, 3.63) is 34.6 Å². The maximum absolute atomic E-state index is 12.8. The van der Waals surface area contributed by atoms with E-state index in [9.17, 15) is 14.4 Å². The lowest BCUT2D eigenvalue weighted by Gasteiger charge is -2.20. The number of carbonyl (C=O) groups excluding carboxylic acids is 2. The van der Waals surface area contributed by atoms with Gasteiger partial charge in [-0.05, 0) is 39.3 Å². The third-order valence-electron chi connectivity index (χ3n) is 3.64. The molecule has 1 heterocycles. The molecule has 2 N–H and O–H groups in total. The van der Waals surface area contributed by atoms with Crippen molar-refractivity contribution in [2.24, 2.45) is 0 Å². The second-order valence-corrected chi connectivity index (χ2v) is 8.21. The molecule has 1 aromatic heterocycles. The number of rotatable bonds is 6. The van der Waals surface area contributed by atoms with Gasteiger partial charge in [0.05, 0.1) is 16.7 Å². The third kappa shape index (κ3) is 6.09. The standard InChI is InChI=1S/C19H26N4O3S/c1-5-6-11-23-16(25)13-9-7-8-10-14(13)20-18(23)27-12-15(24)21-17(26)22-19(2,3)4/h7-10H,5-6,11-12H2,1-4H3,(H2,21,22,24,26). The topological polar surface area (TPSA) is 93.1 Å². The number of nitrogens with zero attached hydrogens (tertiary/aromatic N) is 2. The van der Waals surface area contributed by atoms with E-state index < -0.39 is 17.5 Å². The number of imide groups is 1. The van der Waals surface area contributed by atoms with Gasteiger partial charge in [0.2, 0.25) is 5.91 Å². The van der Waals surface area contributed by atoms with Crippen molar-refractivity contribution < 1.29 is 9.59 Å². The molecular weight excluding hydrogens is 364 g/mol. The molecule has 8 heteroatoms. The van der Waals surface area contributed by atoms with E-state index in [1.807, 2.05) is 39.8 Å². The van der Waals surface area contributed by atoms with E-state index >= 15 is 0 Å². The molecule has 27 heavy (non-hydrogen) atoms. The molecule has 7 nitrogen and oxygen atoms in total. The number of nitrogens with one attached hydrogen (secondary N) is 2. The SMILES string of the molecule is CCCCn1c(SCC(=O)NC(=O)NC(C)(C)C)nc2ccccc2c1=O. The van der Waals surface area contributed by atoms with Crippen molar-refractivity contribution in [3.8, 4) is 0 Å². The first-order valence-electron chi connectivity index (χ1n) is 8.95. The Morgan fingerprint density at radius 2 is 1.93 bits per heavy atom. The minimum absolute atomic E-state index is 0.00549. The zero-order chi connectivity index (χ0) is 20.0. The summed E-state index contributed by atoms with van der Waals surface area (Å²) in [6.07, 6.45) is 1.78.